The van der Waals surface area contributed by atoms with Crippen molar-refractivity contribution in [2.45, 2.75) is 33.1 Å². The molecule has 3 heteroatoms. The van der Waals surface area contributed by atoms with E-state index >= 15 is 0 Å². The van der Waals surface area contributed by atoms with Crippen molar-refractivity contribution in [1.29, 1.82) is 0 Å². The predicted molar refractivity (Wildman–Crippen MR) is 83.4 cm³/mol. The zero-order valence-corrected chi connectivity index (χ0v) is 13.8. The number of hydrogen-bond acceptors (Lipinski definition) is 2. The lowest BCUT2D eigenvalue weighted by Gasteiger charge is -2.27. The first-order chi connectivity index (χ1) is 8.99. The summed E-state index contributed by atoms with van der Waals surface area (Å²) in [6.07, 6.45) is 3.25. The van der Waals surface area contributed by atoms with Crippen LogP contribution < -0.4 is 9.47 Å². The number of fused-ring (bicyclic) bond motifs is 1. The molecule has 0 saturated carbocycles. The molecular formula is C16H21BrO2. The van der Waals surface area contributed by atoms with Gasteiger partial charge in [-0.1, -0.05) is 36.7 Å². The largest absolute Gasteiger partial charge is 0.493 e. The molecule has 2 nitrogen and oxygen atoms in total. The molecule has 1 aliphatic carbocycles. The van der Waals surface area contributed by atoms with Crippen molar-refractivity contribution < 1.29 is 9.47 Å². The van der Waals surface area contributed by atoms with E-state index in [1.54, 1.807) is 14.2 Å². The van der Waals surface area contributed by atoms with Crippen LogP contribution in [0.15, 0.2) is 10.5 Å². The molecule has 1 atom stereocenters. The number of halogens is 1. The van der Waals surface area contributed by atoms with Crippen molar-refractivity contribution >= 4 is 22.0 Å². The standard InChI is InChI=1S/C16H21BrO2/c1-9(2)15-12-6-10(3)13(17)7-11(12)8-14(18-4)16(15)19-5/h7-10H,6H2,1-5H3/t10-/m0/s1. The van der Waals surface area contributed by atoms with Crippen LogP contribution in [0, 0.1) is 5.92 Å². The number of hydrogen-bond donors (Lipinski definition) is 0. The van der Waals surface area contributed by atoms with E-state index in [1.807, 2.05) is 0 Å². The Balaban J connectivity index is 2.72. The highest BCUT2D eigenvalue weighted by molar-refractivity contribution is 9.11. The minimum Gasteiger partial charge on any atom is -0.493 e. The molecule has 0 fully saturated rings. The second kappa shape index (κ2) is 5.58. The number of benzene rings is 1. The quantitative estimate of drug-likeness (QED) is 0.798. The van der Waals surface area contributed by atoms with Gasteiger partial charge < -0.3 is 9.47 Å². The van der Waals surface area contributed by atoms with Crippen molar-refractivity contribution in [2.24, 2.45) is 5.92 Å². The van der Waals surface area contributed by atoms with E-state index in [0.717, 1.165) is 17.9 Å². The van der Waals surface area contributed by atoms with Crippen LogP contribution in [-0.2, 0) is 6.42 Å². The smallest absolute Gasteiger partial charge is 0.164 e. The molecular weight excluding hydrogens is 304 g/mol. The van der Waals surface area contributed by atoms with Crippen molar-refractivity contribution in [3.05, 3.63) is 27.2 Å². The van der Waals surface area contributed by atoms with Crippen molar-refractivity contribution in [3.63, 3.8) is 0 Å². The van der Waals surface area contributed by atoms with Crippen LogP contribution in [0.4, 0.5) is 0 Å². The zero-order chi connectivity index (χ0) is 14.2. The van der Waals surface area contributed by atoms with Crippen LogP contribution in [0.5, 0.6) is 11.5 Å². The van der Waals surface area contributed by atoms with Crippen LogP contribution in [-0.4, -0.2) is 14.2 Å². The highest BCUT2D eigenvalue weighted by atomic mass is 79.9. The Hall–Kier alpha value is -0.960. The lowest BCUT2D eigenvalue weighted by molar-refractivity contribution is 0.349. The minimum atomic E-state index is 0.413. The van der Waals surface area contributed by atoms with Gasteiger partial charge in [-0.2, -0.15) is 0 Å². The Morgan fingerprint density at radius 3 is 2.47 bits per heavy atom. The third-order valence-electron chi connectivity index (χ3n) is 3.70. The Morgan fingerprint density at radius 1 is 1.26 bits per heavy atom. The normalized spacial score (nSPS) is 18.1. The molecule has 19 heavy (non-hydrogen) atoms. The second-order valence-corrected chi connectivity index (χ2v) is 6.30. The average Bonchev–Trinajstić information content (AvgIpc) is 2.37. The molecule has 0 aliphatic heterocycles. The monoisotopic (exact) mass is 324 g/mol. The highest BCUT2D eigenvalue weighted by Gasteiger charge is 2.25. The topological polar surface area (TPSA) is 18.5 Å². The van der Waals surface area contributed by atoms with Gasteiger partial charge in [0.05, 0.1) is 14.2 Å². The third kappa shape index (κ3) is 2.53. The SMILES string of the molecule is COc1cc2c(c(C(C)C)c1OC)C[C@H](C)C(Br)=C2. The maximum absolute atomic E-state index is 5.60. The summed E-state index contributed by atoms with van der Waals surface area (Å²) in [4.78, 5) is 0. The van der Waals surface area contributed by atoms with Crippen LogP contribution in [0.25, 0.3) is 6.08 Å². The Labute approximate surface area is 123 Å². The first kappa shape index (κ1) is 14.4. The minimum absolute atomic E-state index is 0.413. The molecule has 104 valence electrons. The Bertz CT molecular complexity index is 518. The molecule has 0 aromatic heterocycles. The van der Waals surface area contributed by atoms with Gasteiger partial charge >= 0.3 is 0 Å². The van der Waals surface area contributed by atoms with Crippen LogP contribution >= 0.6 is 15.9 Å². The second-order valence-electron chi connectivity index (χ2n) is 5.38. The van der Waals surface area contributed by atoms with Gasteiger partial charge in [-0.05, 0) is 46.0 Å². The van der Waals surface area contributed by atoms with Gasteiger partial charge in [0, 0.05) is 5.56 Å². The Kier molecular flexibility index (Phi) is 4.24. The van der Waals surface area contributed by atoms with Gasteiger partial charge in [0.25, 0.3) is 0 Å². The van der Waals surface area contributed by atoms with Gasteiger partial charge in [0.2, 0.25) is 0 Å². The highest BCUT2D eigenvalue weighted by Crippen LogP contribution is 2.44. The van der Waals surface area contributed by atoms with Crippen molar-refractivity contribution in [1.82, 2.24) is 0 Å². The summed E-state index contributed by atoms with van der Waals surface area (Å²) in [6, 6.07) is 2.08. The summed E-state index contributed by atoms with van der Waals surface area (Å²) in [5.41, 5.74) is 3.91. The summed E-state index contributed by atoms with van der Waals surface area (Å²) in [5.74, 6) is 2.63. The van der Waals surface area contributed by atoms with Gasteiger partial charge in [-0.25, -0.2) is 0 Å². The molecule has 1 aliphatic rings. The van der Waals surface area contributed by atoms with E-state index in [0.29, 0.717) is 11.8 Å². The summed E-state index contributed by atoms with van der Waals surface area (Å²) < 4.78 is 12.3. The fourth-order valence-corrected chi connectivity index (χ4v) is 3.15. The maximum Gasteiger partial charge on any atom is 0.164 e. The van der Waals surface area contributed by atoms with E-state index in [9.17, 15) is 0 Å². The number of allylic oxidation sites excluding steroid dienone is 1. The maximum atomic E-state index is 5.60. The fourth-order valence-electron chi connectivity index (χ4n) is 2.74. The first-order valence-corrected chi connectivity index (χ1v) is 7.43. The summed E-state index contributed by atoms with van der Waals surface area (Å²) in [5, 5.41) is 0. The van der Waals surface area contributed by atoms with E-state index in [2.05, 4.69) is 48.8 Å². The number of ether oxygens (including phenoxy) is 2. The summed E-state index contributed by atoms with van der Waals surface area (Å²) in [6.45, 7) is 6.65. The van der Waals surface area contributed by atoms with Crippen molar-refractivity contribution in [2.75, 3.05) is 14.2 Å². The molecule has 0 saturated heterocycles. The van der Waals surface area contributed by atoms with E-state index in [4.69, 9.17) is 9.47 Å². The van der Waals surface area contributed by atoms with E-state index < -0.39 is 0 Å². The summed E-state index contributed by atoms with van der Waals surface area (Å²) in [7, 11) is 3.41. The molecule has 1 aromatic carbocycles. The van der Waals surface area contributed by atoms with Crippen LogP contribution in [0.1, 0.15) is 43.4 Å². The molecule has 0 spiro atoms. The van der Waals surface area contributed by atoms with Gasteiger partial charge in [-0.15, -0.1) is 0 Å². The predicted octanol–water partition coefficient (Wildman–Crippen LogP) is 4.76. The average molecular weight is 325 g/mol. The lowest BCUT2D eigenvalue weighted by atomic mass is 9.83. The summed E-state index contributed by atoms with van der Waals surface area (Å²) >= 11 is 3.66. The van der Waals surface area contributed by atoms with Gasteiger partial charge in [-0.3, -0.25) is 0 Å². The van der Waals surface area contributed by atoms with E-state index in [1.165, 1.54) is 21.2 Å². The van der Waals surface area contributed by atoms with Crippen LogP contribution in [0.2, 0.25) is 0 Å². The van der Waals surface area contributed by atoms with Gasteiger partial charge in [0.1, 0.15) is 0 Å². The molecule has 0 radical (unpaired) electrons. The molecule has 0 heterocycles. The number of methoxy groups -OCH3 is 2. The van der Waals surface area contributed by atoms with E-state index in [-0.39, 0.29) is 0 Å². The van der Waals surface area contributed by atoms with Crippen LogP contribution in [0.3, 0.4) is 0 Å². The molecule has 1 aromatic rings. The third-order valence-corrected chi connectivity index (χ3v) is 4.71. The molecule has 0 bridgehead atoms. The zero-order valence-electron chi connectivity index (χ0n) is 12.2. The fraction of sp³-hybridized carbons (Fsp3) is 0.500. The molecule has 0 N–H and O–H groups in total. The Morgan fingerprint density at radius 2 is 1.95 bits per heavy atom. The lowest BCUT2D eigenvalue weighted by Crippen LogP contribution is -2.12. The molecule has 0 amide bonds. The van der Waals surface area contributed by atoms with Gasteiger partial charge in [0.15, 0.2) is 11.5 Å². The van der Waals surface area contributed by atoms with Crippen molar-refractivity contribution in [3.8, 4) is 11.5 Å². The molecule has 0 unspecified atom stereocenters. The molecule has 2 rings (SSSR count). The number of rotatable bonds is 3. The first-order valence-electron chi connectivity index (χ1n) is 6.64.